The SMILES string of the molecule is CCCCCCCCCCCCCCC[N+](C)(C)CCCCCCCCCCCCCC.[Cl-]. The predicted molar refractivity (Wildman–Crippen MR) is 149 cm³/mol. The third-order valence-corrected chi connectivity index (χ3v) is 7.48. The number of hydrogen-bond donors (Lipinski definition) is 0. The molecule has 0 spiro atoms. The molecule has 0 aliphatic rings. The van der Waals surface area contributed by atoms with Crippen molar-refractivity contribution in [3.8, 4) is 0 Å². The van der Waals surface area contributed by atoms with Gasteiger partial charge < -0.3 is 16.9 Å². The van der Waals surface area contributed by atoms with Crippen LogP contribution in [0.3, 0.4) is 0 Å². The fourth-order valence-electron chi connectivity index (χ4n) is 5.05. The average molecular weight is 488 g/mol. The van der Waals surface area contributed by atoms with E-state index in [0.29, 0.717) is 0 Å². The molecular weight excluding hydrogens is 422 g/mol. The molecule has 0 aromatic carbocycles. The minimum absolute atomic E-state index is 0. The van der Waals surface area contributed by atoms with Gasteiger partial charge in [0, 0.05) is 0 Å². The average Bonchev–Trinajstić information content (AvgIpc) is 2.77. The first-order valence-electron chi connectivity index (χ1n) is 15.4. The number of halogens is 1. The summed E-state index contributed by atoms with van der Waals surface area (Å²) in [5.41, 5.74) is 0. The van der Waals surface area contributed by atoms with Crippen molar-refractivity contribution in [2.75, 3.05) is 27.2 Å². The summed E-state index contributed by atoms with van der Waals surface area (Å²) in [6.07, 6.45) is 36.5. The van der Waals surface area contributed by atoms with Crippen molar-refractivity contribution in [1.29, 1.82) is 0 Å². The Bertz CT molecular complexity index is 342. The van der Waals surface area contributed by atoms with Gasteiger partial charge in [0.1, 0.15) is 0 Å². The van der Waals surface area contributed by atoms with Gasteiger partial charge in [-0.15, -0.1) is 0 Å². The highest BCUT2D eigenvalue weighted by molar-refractivity contribution is 4.51. The Hall–Kier alpha value is 0.250. The van der Waals surface area contributed by atoms with Gasteiger partial charge in [-0.25, -0.2) is 0 Å². The first-order chi connectivity index (χ1) is 15.6. The number of nitrogens with zero attached hydrogens (tertiary/aromatic N) is 1. The summed E-state index contributed by atoms with van der Waals surface area (Å²) in [4.78, 5) is 0. The maximum Gasteiger partial charge on any atom is 0.0782 e. The molecule has 1 nitrogen and oxygen atoms in total. The highest BCUT2D eigenvalue weighted by Crippen LogP contribution is 2.15. The van der Waals surface area contributed by atoms with Crippen LogP contribution in [0.1, 0.15) is 174 Å². The first kappa shape index (κ1) is 35.4. The Morgan fingerprint density at radius 1 is 0.303 bits per heavy atom. The molecule has 0 aliphatic carbocycles. The zero-order valence-electron chi connectivity index (χ0n) is 23.9. The maximum atomic E-state index is 2.46. The second kappa shape index (κ2) is 28.5. The standard InChI is InChI=1S/C31H66N.ClH/c1-5-7-9-11-13-15-17-19-21-23-25-27-29-31-32(3,4)30-28-26-24-22-20-18-16-14-12-10-8-6-2;/h5-31H2,1-4H3;1H/q+1;/p-1. The van der Waals surface area contributed by atoms with Gasteiger partial charge in [0.2, 0.25) is 0 Å². The van der Waals surface area contributed by atoms with Gasteiger partial charge in [0.05, 0.1) is 27.2 Å². The molecule has 0 fully saturated rings. The Morgan fingerprint density at radius 2 is 0.485 bits per heavy atom. The van der Waals surface area contributed by atoms with Crippen LogP contribution in [-0.4, -0.2) is 31.7 Å². The van der Waals surface area contributed by atoms with Gasteiger partial charge in [0.15, 0.2) is 0 Å². The molecule has 2 heteroatoms. The maximum absolute atomic E-state index is 2.46. The van der Waals surface area contributed by atoms with Gasteiger partial charge >= 0.3 is 0 Å². The van der Waals surface area contributed by atoms with Crippen molar-refractivity contribution in [2.24, 2.45) is 0 Å². The molecule has 0 rings (SSSR count). The van der Waals surface area contributed by atoms with Gasteiger partial charge in [-0.05, 0) is 25.7 Å². The molecule has 0 aliphatic heterocycles. The van der Waals surface area contributed by atoms with E-state index in [1.54, 1.807) is 0 Å². The van der Waals surface area contributed by atoms with Crippen LogP contribution in [0.4, 0.5) is 0 Å². The molecule has 0 heterocycles. The Labute approximate surface area is 218 Å². The van der Waals surface area contributed by atoms with Crippen molar-refractivity contribution < 1.29 is 16.9 Å². The van der Waals surface area contributed by atoms with E-state index in [2.05, 4.69) is 27.9 Å². The normalized spacial score (nSPS) is 11.6. The van der Waals surface area contributed by atoms with E-state index >= 15 is 0 Å². The Morgan fingerprint density at radius 3 is 0.697 bits per heavy atom. The Kier molecular flexibility index (Phi) is 30.6. The van der Waals surface area contributed by atoms with E-state index in [1.165, 1.54) is 178 Å². The summed E-state index contributed by atoms with van der Waals surface area (Å²) >= 11 is 0. The van der Waals surface area contributed by atoms with Crippen molar-refractivity contribution in [3.05, 3.63) is 0 Å². The van der Waals surface area contributed by atoms with Gasteiger partial charge in [-0.2, -0.15) is 0 Å². The molecule has 0 saturated carbocycles. The van der Waals surface area contributed by atoms with Crippen LogP contribution >= 0.6 is 0 Å². The lowest BCUT2D eigenvalue weighted by Crippen LogP contribution is -3.00. The smallest absolute Gasteiger partial charge is 0.0782 e. The van der Waals surface area contributed by atoms with E-state index in [4.69, 9.17) is 0 Å². The van der Waals surface area contributed by atoms with Gasteiger partial charge in [0.25, 0.3) is 0 Å². The zero-order chi connectivity index (χ0) is 23.6. The fourth-order valence-corrected chi connectivity index (χ4v) is 5.05. The predicted octanol–water partition coefficient (Wildman–Crippen LogP) is 7.86. The van der Waals surface area contributed by atoms with Gasteiger partial charge in [-0.3, -0.25) is 0 Å². The van der Waals surface area contributed by atoms with Crippen molar-refractivity contribution in [1.82, 2.24) is 0 Å². The molecule has 0 radical (unpaired) electrons. The number of hydrogen-bond acceptors (Lipinski definition) is 0. The summed E-state index contributed by atoms with van der Waals surface area (Å²) < 4.78 is 1.25. The molecule has 0 bridgehead atoms. The van der Waals surface area contributed by atoms with E-state index in [1.807, 2.05) is 0 Å². The summed E-state index contributed by atoms with van der Waals surface area (Å²) in [7, 11) is 4.91. The molecule has 0 aromatic heterocycles. The molecular formula is C31H66ClN. The molecule has 0 aromatic rings. The van der Waals surface area contributed by atoms with Crippen LogP contribution in [0.2, 0.25) is 0 Å². The fraction of sp³-hybridized carbons (Fsp3) is 1.00. The summed E-state index contributed by atoms with van der Waals surface area (Å²) in [5.74, 6) is 0. The van der Waals surface area contributed by atoms with E-state index < -0.39 is 0 Å². The number of rotatable bonds is 27. The summed E-state index contributed by atoms with van der Waals surface area (Å²) in [5, 5.41) is 0. The van der Waals surface area contributed by atoms with E-state index in [0.717, 1.165) is 0 Å². The topological polar surface area (TPSA) is 0 Å². The minimum atomic E-state index is 0. The molecule has 0 N–H and O–H groups in total. The quantitative estimate of drug-likeness (QED) is 0.0816. The Balaban J connectivity index is 0. The number of unbranched alkanes of at least 4 members (excludes halogenated alkanes) is 23. The van der Waals surface area contributed by atoms with Crippen LogP contribution < -0.4 is 12.4 Å². The minimum Gasteiger partial charge on any atom is -1.00 e. The van der Waals surface area contributed by atoms with Crippen molar-refractivity contribution >= 4 is 0 Å². The monoisotopic (exact) mass is 487 g/mol. The van der Waals surface area contributed by atoms with Crippen LogP contribution in [0, 0.1) is 0 Å². The molecule has 33 heavy (non-hydrogen) atoms. The number of quaternary nitrogens is 1. The van der Waals surface area contributed by atoms with E-state index in [9.17, 15) is 0 Å². The third kappa shape index (κ3) is 30.2. The lowest BCUT2D eigenvalue weighted by Gasteiger charge is -2.30. The third-order valence-electron chi connectivity index (χ3n) is 7.48. The molecule has 202 valence electrons. The highest BCUT2D eigenvalue weighted by atomic mass is 35.5. The van der Waals surface area contributed by atoms with Gasteiger partial charge in [-0.1, -0.05) is 149 Å². The van der Waals surface area contributed by atoms with Crippen LogP contribution in [-0.2, 0) is 0 Å². The molecule has 0 amide bonds. The lowest BCUT2D eigenvalue weighted by molar-refractivity contribution is -0.890. The summed E-state index contributed by atoms with van der Waals surface area (Å²) in [6, 6.07) is 0. The van der Waals surface area contributed by atoms with Crippen LogP contribution in [0.15, 0.2) is 0 Å². The lowest BCUT2D eigenvalue weighted by atomic mass is 10.0. The zero-order valence-corrected chi connectivity index (χ0v) is 24.7. The molecule has 0 unspecified atom stereocenters. The van der Waals surface area contributed by atoms with Crippen LogP contribution in [0.5, 0.6) is 0 Å². The summed E-state index contributed by atoms with van der Waals surface area (Å²) in [6.45, 7) is 7.38. The largest absolute Gasteiger partial charge is 1.00 e. The second-order valence-electron chi connectivity index (χ2n) is 11.5. The van der Waals surface area contributed by atoms with Crippen molar-refractivity contribution in [2.45, 2.75) is 174 Å². The van der Waals surface area contributed by atoms with Crippen molar-refractivity contribution in [3.63, 3.8) is 0 Å². The highest BCUT2D eigenvalue weighted by Gasteiger charge is 2.13. The second-order valence-corrected chi connectivity index (χ2v) is 11.5. The molecule has 0 saturated heterocycles. The molecule has 0 atom stereocenters. The first-order valence-corrected chi connectivity index (χ1v) is 15.4. The van der Waals surface area contributed by atoms with E-state index in [-0.39, 0.29) is 12.4 Å². The van der Waals surface area contributed by atoms with Crippen LogP contribution in [0.25, 0.3) is 0 Å².